The highest BCUT2D eigenvalue weighted by atomic mass is 19.1. The maximum Gasteiger partial charge on any atom is 0.319 e. The minimum atomic E-state index is -0.321. The SMILES string of the molecule is O=C(Nc1ccc(F)cc1)NC1CCN(Cc2nnc3n2CCCCC3)C1. The predicted molar refractivity (Wildman–Crippen MR) is 99.8 cm³/mol. The van der Waals surface area contributed by atoms with E-state index in [2.05, 4.69) is 30.3 Å². The van der Waals surface area contributed by atoms with E-state index in [-0.39, 0.29) is 17.9 Å². The fraction of sp³-hybridized carbons (Fsp3) is 0.526. The molecule has 1 saturated heterocycles. The van der Waals surface area contributed by atoms with Crippen LogP contribution < -0.4 is 10.6 Å². The zero-order valence-electron chi connectivity index (χ0n) is 15.3. The average molecular weight is 372 g/mol. The third kappa shape index (κ3) is 4.44. The normalized spacial score (nSPS) is 20.1. The van der Waals surface area contributed by atoms with E-state index in [1.807, 2.05) is 0 Å². The van der Waals surface area contributed by atoms with Crippen molar-refractivity contribution in [3.05, 3.63) is 41.7 Å². The Morgan fingerprint density at radius 1 is 1.15 bits per heavy atom. The van der Waals surface area contributed by atoms with Crippen molar-refractivity contribution in [1.29, 1.82) is 0 Å². The Morgan fingerprint density at radius 2 is 2.00 bits per heavy atom. The number of nitrogens with one attached hydrogen (secondary N) is 2. The monoisotopic (exact) mass is 372 g/mol. The lowest BCUT2D eigenvalue weighted by atomic mass is 10.2. The highest BCUT2D eigenvalue weighted by Gasteiger charge is 2.26. The molecule has 8 heteroatoms. The lowest BCUT2D eigenvalue weighted by Gasteiger charge is -2.17. The molecule has 0 radical (unpaired) electrons. The molecule has 1 aromatic heterocycles. The van der Waals surface area contributed by atoms with Crippen LogP contribution in [-0.4, -0.2) is 44.8 Å². The van der Waals surface area contributed by atoms with Gasteiger partial charge in [-0.2, -0.15) is 0 Å². The maximum absolute atomic E-state index is 12.9. The quantitative estimate of drug-likeness (QED) is 0.865. The molecule has 7 nitrogen and oxygen atoms in total. The van der Waals surface area contributed by atoms with E-state index in [1.165, 1.54) is 31.4 Å². The molecule has 1 atom stereocenters. The number of halogens is 1. The zero-order chi connectivity index (χ0) is 18.6. The van der Waals surface area contributed by atoms with Crippen molar-refractivity contribution < 1.29 is 9.18 Å². The molecular weight excluding hydrogens is 347 g/mol. The van der Waals surface area contributed by atoms with Gasteiger partial charge in [-0.1, -0.05) is 6.42 Å². The number of aryl methyl sites for hydroxylation is 1. The molecule has 0 spiro atoms. The summed E-state index contributed by atoms with van der Waals surface area (Å²) in [6.45, 7) is 3.49. The molecule has 0 aliphatic carbocycles. The molecule has 2 aliphatic heterocycles. The Labute approximate surface area is 158 Å². The van der Waals surface area contributed by atoms with Crippen LogP contribution in [0.25, 0.3) is 0 Å². The Hall–Kier alpha value is -2.48. The summed E-state index contributed by atoms with van der Waals surface area (Å²) in [5.41, 5.74) is 0.579. The molecule has 144 valence electrons. The number of rotatable bonds is 4. The highest BCUT2D eigenvalue weighted by molar-refractivity contribution is 5.89. The lowest BCUT2D eigenvalue weighted by molar-refractivity contribution is 0.247. The minimum absolute atomic E-state index is 0.0944. The van der Waals surface area contributed by atoms with Crippen LogP contribution in [0, 0.1) is 5.82 Å². The number of hydrogen-bond acceptors (Lipinski definition) is 4. The molecule has 27 heavy (non-hydrogen) atoms. The molecule has 2 aliphatic rings. The van der Waals surface area contributed by atoms with Crippen LogP contribution >= 0.6 is 0 Å². The Morgan fingerprint density at radius 3 is 2.85 bits per heavy atom. The number of amides is 2. The van der Waals surface area contributed by atoms with Gasteiger partial charge < -0.3 is 15.2 Å². The van der Waals surface area contributed by atoms with E-state index in [0.29, 0.717) is 5.69 Å². The molecule has 1 fully saturated rings. The van der Waals surface area contributed by atoms with Gasteiger partial charge in [0, 0.05) is 37.8 Å². The van der Waals surface area contributed by atoms with Gasteiger partial charge in [-0.15, -0.1) is 10.2 Å². The van der Waals surface area contributed by atoms with Gasteiger partial charge in [0.25, 0.3) is 0 Å². The first-order valence-corrected chi connectivity index (χ1v) is 9.64. The molecule has 1 aromatic carbocycles. The van der Waals surface area contributed by atoms with E-state index in [0.717, 1.165) is 50.7 Å². The highest BCUT2D eigenvalue weighted by Crippen LogP contribution is 2.18. The van der Waals surface area contributed by atoms with E-state index >= 15 is 0 Å². The second-order valence-electron chi connectivity index (χ2n) is 7.32. The van der Waals surface area contributed by atoms with Gasteiger partial charge in [0.1, 0.15) is 17.5 Å². The predicted octanol–water partition coefficient (Wildman–Crippen LogP) is 2.54. The third-order valence-electron chi connectivity index (χ3n) is 5.26. The summed E-state index contributed by atoms with van der Waals surface area (Å²) in [6, 6.07) is 5.59. The first-order chi connectivity index (χ1) is 13.2. The standard InChI is InChI=1S/C19H25FN6O/c20-14-5-7-15(8-6-14)21-19(27)22-16-9-11-25(12-16)13-18-24-23-17-4-2-1-3-10-26(17)18/h5-8,16H,1-4,9-13H2,(H2,21,22,27). The topological polar surface area (TPSA) is 75.1 Å². The van der Waals surface area contributed by atoms with Crippen molar-refractivity contribution in [3.63, 3.8) is 0 Å². The van der Waals surface area contributed by atoms with Gasteiger partial charge >= 0.3 is 6.03 Å². The smallest absolute Gasteiger partial charge is 0.319 e. The molecule has 0 bridgehead atoms. The first-order valence-electron chi connectivity index (χ1n) is 9.64. The number of fused-ring (bicyclic) bond motifs is 1. The Kier molecular flexibility index (Phi) is 5.33. The van der Waals surface area contributed by atoms with E-state index in [9.17, 15) is 9.18 Å². The number of urea groups is 1. The molecule has 3 heterocycles. The number of aromatic nitrogens is 3. The summed E-state index contributed by atoms with van der Waals surface area (Å²) in [5, 5.41) is 14.5. The number of benzene rings is 1. The number of likely N-dealkylation sites (tertiary alicyclic amines) is 1. The molecule has 0 saturated carbocycles. The summed E-state index contributed by atoms with van der Waals surface area (Å²) in [4.78, 5) is 14.5. The molecule has 2 amide bonds. The number of nitrogens with zero attached hydrogens (tertiary/aromatic N) is 4. The van der Waals surface area contributed by atoms with Crippen LogP contribution in [0.4, 0.5) is 14.9 Å². The van der Waals surface area contributed by atoms with Crippen molar-refractivity contribution in [2.75, 3.05) is 18.4 Å². The average Bonchev–Trinajstić information content (AvgIpc) is 3.16. The molecule has 1 unspecified atom stereocenters. The lowest BCUT2D eigenvalue weighted by Crippen LogP contribution is -2.39. The second kappa shape index (κ2) is 8.04. The van der Waals surface area contributed by atoms with Crippen molar-refractivity contribution in [2.24, 2.45) is 0 Å². The maximum atomic E-state index is 12.9. The fourth-order valence-corrected chi connectivity index (χ4v) is 3.84. The summed E-state index contributed by atoms with van der Waals surface area (Å²) in [5.74, 6) is 1.82. The zero-order valence-corrected chi connectivity index (χ0v) is 15.3. The van der Waals surface area contributed by atoms with Crippen molar-refractivity contribution in [2.45, 2.75) is 51.2 Å². The van der Waals surface area contributed by atoms with E-state index < -0.39 is 0 Å². The molecule has 2 N–H and O–H groups in total. The van der Waals surface area contributed by atoms with E-state index in [4.69, 9.17) is 0 Å². The van der Waals surface area contributed by atoms with Gasteiger partial charge in [0.15, 0.2) is 0 Å². The van der Waals surface area contributed by atoms with Crippen molar-refractivity contribution in [1.82, 2.24) is 25.0 Å². The Bertz CT molecular complexity index is 790. The molecule has 4 rings (SSSR count). The number of carbonyl (C=O) groups is 1. The Balaban J connectivity index is 1.28. The summed E-state index contributed by atoms with van der Waals surface area (Å²) >= 11 is 0. The van der Waals surface area contributed by atoms with Gasteiger partial charge in [-0.05, 0) is 43.5 Å². The summed E-state index contributed by atoms with van der Waals surface area (Å²) in [6.07, 6.45) is 5.54. The van der Waals surface area contributed by atoms with Crippen LogP contribution in [0.1, 0.15) is 37.3 Å². The van der Waals surface area contributed by atoms with Crippen LogP contribution in [-0.2, 0) is 19.5 Å². The van der Waals surface area contributed by atoms with Gasteiger partial charge in [-0.3, -0.25) is 4.90 Å². The van der Waals surface area contributed by atoms with Crippen LogP contribution in [0.15, 0.2) is 24.3 Å². The first kappa shape index (κ1) is 17.9. The van der Waals surface area contributed by atoms with Crippen LogP contribution in [0.2, 0.25) is 0 Å². The molecular formula is C19H25FN6O. The number of carbonyl (C=O) groups excluding carboxylic acids is 1. The van der Waals surface area contributed by atoms with Crippen LogP contribution in [0.5, 0.6) is 0 Å². The van der Waals surface area contributed by atoms with E-state index in [1.54, 1.807) is 12.1 Å². The number of hydrogen-bond donors (Lipinski definition) is 2. The van der Waals surface area contributed by atoms with Gasteiger partial charge in [0.05, 0.1) is 6.54 Å². The largest absolute Gasteiger partial charge is 0.334 e. The third-order valence-corrected chi connectivity index (χ3v) is 5.26. The van der Waals surface area contributed by atoms with Crippen molar-refractivity contribution >= 4 is 11.7 Å². The van der Waals surface area contributed by atoms with Crippen molar-refractivity contribution in [3.8, 4) is 0 Å². The van der Waals surface area contributed by atoms with Gasteiger partial charge in [-0.25, -0.2) is 9.18 Å². The van der Waals surface area contributed by atoms with Gasteiger partial charge in [0.2, 0.25) is 0 Å². The summed E-state index contributed by atoms with van der Waals surface area (Å²) in [7, 11) is 0. The number of anilines is 1. The fourth-order valence-electron chi connectivity index (χ4n) is 3.84. The second-order valence-corrected chi connectivity index (χ2v) is 7.32. The van der Waals surface area contributed by atoms with Crippen LogP contribution in [0.3, 0.4) is 0 Å². The molecule has 2 aromatic rings. The minimum Gasteiger partial charge on any atom is -0.334 e. The summed E-state index contributed by atoms with van der Waals surface area (Å²) < 4.78 is 15.2.